The number of rotatable bonds is 23. The van der Waals surface area contributed by atoms with Crippen molar-refractivity contribution >= 4 is 63.3 Å². The third kappa shape index (κ3) is 18.1. The van der Waals surface area contributed by atoms with Gasteiger partial charge in [-0.2, -0.15) is 9.97 Å². The first-order chi connectivity index (χ1) is 54.7. The minimum atomic E-state index is -1.24. The summed E-state index contributed by atoms with van der Waals surface area (Å²) in [4.78, 5) is 96.2. The molecule has 2 amide bonds. The number of carboxylic acids is 1. The summed E-state index contributed by atoms with van der Waals surface area (Å²) in [6.45, 7) is 10.2. The molecule has 1 aliphatic carbocycles. The molecule has 13 rings (SSSR count). The minimum Gasteiger partial charge on any atom is -0.496 e. The number of pyridine rings is 2. The third-order valence-corrected chi connectivity index (χ3v) is 20.1. The number of para-hydroxylation sites is 1. The number of carboxylic acid groups (broad SMARTS) is 1. The van der Waals surface area contributed by atoms with Crippen molar-refractivity contribution in [3.63, 3.8) is 0 Å². The molecule has 6 aromatic carbocycles. The summed E-state index contributed by atoms with van der Waals surface area (Å²) >= 11 is 0. The van der Waals surface area contributed by atoms with Crippen LogP contribution < -0.4 is 66.4 Å². The van der Waals surface area contributed by atoms with E-state index < -0.39 is 35.6 Å². The zero-order chi connectivity index (χ0) is 82.4. The Labute approximate surface area is 657 Å². The van der Waals surface area contributed by atoms with E-state index in [4.69, 9.17) is 54.3 Å². The normalized spacial score (nSPS) is 14.5. The van der Waals surface area contributed by atoms with E-state index in [9.17, 15) is 49.2 Å². The van der Waals surface area contributed by atoms with Gasteiger partial charge in [-0.1, -0.05) is 56.0 Å². The van der Waals surface area contributed by atoms with Crippen LogP contribution in [0.1, 0.15) is 123 Å². The first-order valence-corrected chi connectivity index (χ1v) is 36.3. The van der Waals surface area contributed by atoms with Crippen molar-refractivity contribution in [1.29, 1.82) is 0 Å². The maximum atomic E-state index is 13.3. The minimum absolute atomic E-state index is 0.0198. The van der Waals surface area contributed by atoms with Crippen LogP contribution >= 0.6 is 0 Å². The van der Waals surface area contributed by atoms with E-state index in [1.165, 1.54) is 34.3 Å². The Morgan fingerprint density at radius 1 is 0.789 bits per heavy atom. The standard InChI is InChI=1S/C22H20N2O3.C22H25NO6.C21H24N8O5.C19H24O5/c1-4-22(26-3)13(2)27-12-16-17(22)10-19-20-15(11-24(19)21(16)25)9-14-7-5-6-8-18(14)23-20;1-12(24)23-16-8-6-13-10-19(27-3)21(28-4)22(29-5)20(13)14-7-9-18(26-2)17(25)11-15(14)16;1-29(10-12-9-24-18-16(25-12)17(22)27-21(23)28-18)13-5-3-11(4-6-13)19(31)26-14(20(32)33)7-8-15(30)34-2;1-12-4-5-13(7-18(12)23-2)6-17(22)14-8-15(10-20)16(11-21)19(9-14)24-3/h5-10H,2,4,11-12H2,1,3H3;7,9-11,16H,6,8H2,1-5H3,(H,23,24);3-6,9,14H,7-8,10H2,1-2H3,(H,26,31)(H,32,33)(H4,22,23,24,27,28);4-5,7-9,17,20-22H,6,10-11H2,1-3H3/t22-;16-;;17-/m10.1/s1. The number of aryl methyl sites for hydroxylation is 2. The Morgan fingerprint density at radius 3 is 2.16 bits per heavy atom. The van der Waals surface area contributed by atoms with Crippen molar-refractivity contribution in [3.8, 4) is 57.0 Å². The maximum Gasteiger partial charge on any atom is 0.326 e. The lowest BCUT2D eigenvalue weighted by Crippen LogP contribution is -2.41. The fraction of sp³-hybridized carbons (Fsp3) is 0.321. The molecule has 10 N–H and O–H groups in total. The fourth-order valence-electron chi connectivity index (χ4n) is 14.1. The largest absolute Gasteiger partial charge is 0.496 e. The summed E-state index contributed by atoms with van der Waals surface area (Å²) in [6.07, 6.45) is 2.91. The van der Waals surface area contributed by atoms with E-state index in [0.717, 1.165) is 72.7 Å². The summed E-state index contributed by atoms with van der Waals surface area (Å²) in [5.41, 5.74) is 24.8. The van der Waals surface area contributed by atoms with Crippen LogP contribution in [-0.2, 0) is 79.9 Å². The Morgan fingerprint density at radius 2 is 1.51 bits per heavy atom. The molecule has 598 valence electrons. The predicted molar refractivity (Wildman–Crippen MR) is 427 cm³/mol. The number of aliphatic hydroxyl groups excluding tert-OH is 3. The van der Waals surface area contributed by atoms with E-state index in [0.29, 0.717) is 112 Å². The smallest absolute Gasteiger partial charge is 0.326 e. The lowest BCUT2D eigenvalue weighted by molar-refractivity contribution is -0.142. The quantitative estimate of drug-likeness (QED) is 0.0276. The van der Waals surface area contributed by atoms with Crippen LogP contribution in [0.25, 0.3) is 44.6 Å². The van der Waals surface area contributed by atoms with Gasteiger partial charge in [-0.05, 0) is 144 Å². The van der Waals surface area contributed by atoms with Gasteiger partial charge in [0, 0.05) is 72.8 Å². The van der Waals surface area contributed by atoms with Gasteiger partial charge >= 0.3 is 11.9 Å². The number of aliphatic hydroxyl groups is 3. The molecule has 2 aliphatic heterocycles. The zero-order valence-electron chi connectivity index (χ0n) is 65.5. The highest BCUT2D eigenvalue weighted by Gasteiger charge is 2.43. The molecule has 30 heteroatoms. The summed E-state index contributed by atoms with van der Waals surface area (Å²) in [6, 6.07) is 33.3. The molecule has 0 saturated heterocycles. The molecule has 6 heterocycles. The number of nitrogen functional groups attached to an aromatic ring is 2. The Kier molecular flexibility index (Phi) is 27.2. The van der Waals surface area contributed by atoms with Gasteiger partial charge in [0.1, 0.15) is 35.5 Å². The SMILES string of the molecule is C=C1OCc2c(cc3n(c2=O)Cc2cc4ccccc4nc2-3)[C@]1(CC)OC.COC(=O)CCC(NC(=O)c1ccc(N(C)Cc2cnc3nc(N)nc(N)c3n2)cc1)C(=O)O.COc1cc(C[C@@H](O)c2cc(CO)c(CO)c(OC)c2)ccc1C.COc1cc2c(c(OC)c1OC)-c1ccc(OC)c(=O)cc1[C@@H](NC(C)=O)CC2. The summed E-state index contributed by atoms with van der Waals surface area (Å²) in [5, 5.41) is 45.3. The number of amides is 2. The zero-order valence-corrected chi connectivity index (χ0v) is 65.5. The van der Waals surface area contributed by atoms with Crippen molar-refractivity contribution in [3.05, 3.63) is 221 Å². The monoisotopic (exact) mass is 1560 g/mol. The molecular weight excluding hydrogens is 1470 g/mol. The van der Waals surface area contributed by atoms with Crippen LogP contribution in [0.15, 0.2) is 143 Å². The van der Waals surface area contributed by atoms with Crippen LogP contribution in [0, 0.1) is 6.92 Å². The summed E-state index contributed by atoms with van der Waals surface area (Å²) in [5.74, 6) is 1.20. The molecule has 114 heavy (non-hydrogen) atoms. The lowest BCUT2D eigenvalue weighted by atomic mass is 9.84. The number of carbonyl (C=O) groups excluding carboxylic acids is 3. The second-order valence-corrected chi connectivity index (χ2v) is 26.9. The molecule has 0 bridgehead atoms. The van der Waals surface area contributed by atoms with Gasteiger partial charge in [-0.3, -0.25) is 24.0 Å². The Balaban J connectivity index is 0.000000162. The number of fused-ring (bicyclic) bond motifs is 9. The molecule has 0 spiro atoms. The number of nitrogens with two attached hydrogens (primary N) is 2. The number of nitrogens with one attached hydrogen (secondary N) is 2. The first kappa shape index (κ1) is 83.7. The molecule has 0 radical (unpaired) electrons. The highest BCUT2D eigenvalue weighted by atomic mass is 16.5. The van der Waals surface area contributed by atoms with Crippen molar-refractivity contribution < 1.29 is 82.2 Å². The number of nitrogens with zero attached hydrogens (tertiary/aromatic N) is 7. The van der Waals surface area contributed by atoms with Crippen LogP contribution in [0.2, 0.25) is 0 Å². The van der Waals surface area contributed by atoms with Gasteiger partial charge in [0.2, 0.25) is 23.0 Å². The van der Waals surface area contributed by atoms with Gasteiger partial charge in [0.05, 0.1) is 123 Å². The van der Waals surface area contributed by atoms with Gasteiger partial charge in [-0.15, -0.1) is 0 Å². The number of esters is 1. The fourth-order valence-corrected chi connectivity index (χ4v) is 14.1. The van der Waals surface area contributed by atoms with Crippen molar-refractivity contribution in [2.75, 3.05) is 80.3 Å². The number of benzene rings is 5. The molecule has 3 aliphatic rings. The first-order valence-electron chi connectivity index (χ1n) is 36.3. The number of carbonyl (C=O) groups is 4. The van der Waals surface area contributed by atoms with Crippen LogP contribution in [-0.4, -0.2) is 144 Å². The van der Waals surface area contributed by atoms with Gasteiger partial charge in [-0.25, -0.2) is 19.7 Å². The van der Waals surface area contributed by atoms with E-state index in [-0.39, 0.29) is 78.7 Å². The number of ether oxygens (including phenoxy) is 9. The second kappa shape index (κ2) is 37.0. The Bertz CT molecular complexity index is 5380. The van der Waals surface area contributed by atoms with Crippen LogP contribution in [0.4, 0.5) is 17.5 Å². The molecule has 0 saturated carbocycles. The van der Waals surface area contributed by atoms with E-state index >= 15 is 0 Å². The molecule has 30 nitrogen and oxygen atoms in total. The number of methoxy groups -OCH3 is 8. The number of hydrogen-bond donors (Lipinski definition) is 8. The molecule has 4 aromatic heterocycles. The number of aromatic nitrogens is 6. The van der Waals surface area contributed by atoms with Gasteiger partial charge in [0.15, 0.2) is 34.2 Å². The van der Waals surface area contributed by atoms with Crippen LogP contribution in [0.5, 0.6) is 34.5 Å². The van der Waals surface area contributed by atoms with Crippen molar-refractivity contribution in [2.24, 2.45) is 0 Å². The molecule has 10 aromatic rings. The van der Waals surface area contributed by atoms with E-state index in [1.807, 2.05) is 86.5 Å². The van der Waals surface area contributed by atoms with Gasteiger partial charge < -0.3 is 94.6 Å². The third-order valence-electron chi connectivity index (χ3n) is 20.1. The van der Waals surface area contributed by atoms with Gasteiger partial charge in [0.25, 0.3) is 11.5 Å². The molecule has 4 atom stereocenters. The average Bonchev–Trinajstić information content (AvgIpc) is 1.49. The van der Waals surface area contributed by atoms with Crippen molar-refractivity contribution in [1.82, 2.24) is 40.1 Å². The van der Waals surface area contributed by atoms with E-state index in [2.05, 4.69) is 48.0 Å². The number of anilines is 3. The maximum absolute atomic E-state index is 13.3. The molecular formula is C84H93N11O19. The summed E-state index contributed by atoms with van der Waals surface area (Å²) in [7, 11) is 13.9. The molecule has 0 fully saturated rings. The lowest BCUT2D eigenvalue weighted by Gasteiger charge is -2.38. The van der Waals surface area contributed by atoms with E-state index in [1.54, 1.807) is 88.8 Å². The number of hydrogen-bond acceptors (Lipinski definition) is 26. The van der Waals surface area contributed by atoms with Crippen molar-refractivity contribution in [2.45, 2.75) is 116 Å². The topological polar surface area (TPSA) is 415 Å². The number of aliphatic carboxylic acids is 1. The Hall–Kier alpha value is -12.8. The average molecular weight is 1560 g/mol. The summed E-state index contributed by atoms with van der Waals surface area (Å²) < 4.78 is 50.5. The second-order valence-electron chi connectivity index (χ2n) is 26.9. The highest BCUT2D eigenvalue weighted by Crippen LogP contribution is 2.51. The molecule has 1 unspecified atom stereocenters. The predicted octanol–water partition coefficient (Wildman–Crippen LogP) is 9.22. The highest BCUT2D eigenvalue weighted by molar-refractivity contribution is 5.97. The van der Waals surface area contributed by atoms with Crippen LogP contribution in [0.3, 0.4) is 0 Å².